The Balaban J connectivity index is 1.82. The first-order valence-corrected chi connectivity index (χ1v) is 4.16. The molecule has 0 amide bonds. The Bertz CT molecular complexity index is 255. The number of nitrogens with zero attached hydrogens (tertiary/aromatic N) is 1. The number of aromatic amines is 1. The molecule has 0 spiro atoms. The zero-order chi connectivity index (χ0) is 8.39. The number of aromatic nitrogens is 2. The molecule has 1 aliphatic heterocycles. The SMILES string of the molecule is Cc1[nH]ncc1CNC1COC1. The van der Waals surface area contributed by atoms with Gasteiger partial charge in [0, 0.05) is 17.8 Å². The molecular formula is C8H13N3O. The Morgan fingerprint density at radius 3 is 3.08 bits per heavy atom. The lowest BCUT2D eigenvalue weighted by molar-refractivity contribution is -0.00580. The van der Waals surface area contributed by atoms with Crippen LogP contribution in [0.1, 0.15) is 11.3 Å². The monoisotopic (exact) mass is 167 g/mol. The van der Waals surface area contributed by atoms with E-state index in [0.29, 0.717) is 6.04 Å². The number of nitrogens with one attached hydrogen (secondary N) is 2. The van der Waals surface area contributed by atoms with Gasteiger partial charge in [0.05, 0.1) is 25.5 Å². The molecule has 0 atom stereocenters. The molecule has 66 valence electrons. The summed E-state index contributed by atoms with van der Waals surface area (Å²) < 4.78 is 5.05. The lowest BCUT2D eigenvalue weighted by atomic mass is 10.2. The van der Waals surface area contributed by atoms with Gasteiger partial charge in [0.25, 0.3) is 0 Å². The average Bonchev–Trinajstić information content (AvgIpc) is 2.33. The fourth-order valence-electron chi connectivity index (χ4n) is 1.16. The van der Waals surface area contributed by atoms with E-state index in [4.69, 9.17) is 4.74 Å². The molecule has 0 aliphatic carbocycles. The number of hydrogen-bond acceptors (Lipinski definition) is 3. The van der Waals surface area contributed by atoms with Gasteiger partial charge in [0.2, 0.25) is 0 Å². The van der Waals surface area contributed by atoms with Crippen molar-refractivity contribution < 1.29 is 4.74 Å². The molecule has 1 fully saturated rings. The van der Waals surface area contributed by atoms with Crippen LogP contribution in [0, 0.1) is 6.92 Å². The first-order chi connectivity index (χ1) is 5.86. The van der Waals surface area contributed by atoms with E-state index in [-0.39, 0.29) is 0 Å². The van der Waals surface area contributed by atoms with E-state index in [0.717, 1.165) is 25.5 Å². The third-order valence-corrected chi connectivity index (χ3v) is 2.15. The minimum atomic E-state index is 0.541. The van der Waals surface area contributed by atoms with Crippen molar-refractivity contribution in [1.82, 2.24) is 15.5 Å². The highest BCUT2D eigenvalue weighted by Crippen LogP contribution is 2.05. The molecular weight excluding hydrogens is 154 g/mol. The molecule has 1 aromatic rings. The predicted octanol–water partition coefficient (Wildman–Crippen LogP) is 0.207. The Kier molecular flexibility index (Phi) is 2.10. The van der Waals surface area contributed by atoms with Gasteiger partial charge in [-0.25, -0.2) is 0 Å². The van der Waals surface area contributed by atoms with E-state index in [1.165, 1.54) is 5.56 Å². The molecule has 2 heterocycles. The summed E-state index contributed by atoms with van der Waals surface area (Å²) in [5, 5.41) is 10.2. The van der Waals surface area contributed by atoms with E-state index < -0.39 is 0 Å². The largest absolute Gasteiger partial charge is 0.378 e. The molecule has 1 aliphatic rings. The van der Waals surface area contributed by atoms with Crippen molar-refractivity contribution in [2.45, 2.75) is 19.5 Å². The van der Waals surface area contributed by atoms with Gasteiger partial charge in [-0.2, -0.15) is 5.10 Å². The van der Waals surface area contributed by atoms with Crippen LogP contribution in [0.25, 0.3) is 0 Å². The summed E-state index contributed by atoms with van der Waals surface area (Å²) in [6.45, 7) is 4.60. The van der Waals surface area contributed by atoms with E-state index in [9.17, 15) is 0 Å². The normalized spacial score (nSPS) is 17.8. The van der Waals surface area contributed by atoms with Gasteiger partial charge >= 0.3 is 0 Å². The fraction of sp³-hybridized carbons (Fsp3) is 0.625. The third kappa shape index (κ3) is 1.49. The number of H-pyrrole nitrogens is 1. The van der Waals surface area contributed by atoms with Gasteiger partial charge in [0.15, 0.2) is 0 Å². The van der Waals surface area contributed by atoms with Gasteiger partial charge in [-0.15, -0.1) is 0 Å². The van der Waals surface area contributed by atoms with Crippen molar-refractivity contribution in [3.05, 3.63) is 17.5 Å². The summed E-state index contributed by atoms with van der Waals surface area (Å²) in [7, 11) is 0. The summed E-state index contributed by atoms with van der Waals surface area (Å²) in [6.07, 6.45) is 1.86. The molecule has 0 saturated carbocycles. The fourth-order valence-corrected chi connectivity index (χ4v) is 1.16. The van der Waals surface area contributed by atoms with Crippen molar-refractivity contribution in [2.75, 3.05) is 13.2 Å². The van der Waals surface area contributed by atoms with Gasteiger partial charge in [-0.05, 0) is 6.92 Å². The molecule has 2 N–H and O–H groups in total. The lowest BCUT2D eigenvalue weighted by Gasteiger charge is -2.26. The summed E-state index contributed by atoms with van der Waals surface area (Å²) in [5.41, 5.74) is 2.38. The highest BCUT2D eigenvalue weighted by Gasteiger charge is 2.17. The smallest absolute Gasteiger partial charge is 0.0643 e. The number of rotatable bonds is 3. The molecule has 0 radical (unpaired) electrons. The van der Waals surface area contributed by atoms with Gasteiger partial charge in [0.1, 0.15) is 0 Å². The summed E-state index contributed by atoms with van der Waals surface area (Å²) in [5.74, 6) is 0. The molecule has 2 rings (SSSR count). The maximum atomic E-state index is 5.05. The zero-order valence-electron chi connectivity index (χ0n) is 7.13. The topological polar surface area (TPSA) is 49.9 Å². The first kappa shape index (κ1) is 7.76. The van der Waals surface area contributed by atoms with Crippen LogP contribution in [-0.2, 0) is 11.3 Å². The molecule has 1 saturated heterocycles. The Hall–Kier alpha value is -0.870. The molecule has 1 aromatic heterocycles. The Morgan fingerprint density at radius 1 is 1.75 bits per heavy atom. The van der Waals surface area contributed by atoms with Crippen molar-refractivity contribution in [1.29, 1.82) is 0 Å². The maximum Gasteiger partial charge on any atom is 0.0643 e. The van der Waals surface area contributed by atoms with Crippen LogP contribution >= 0.6 is 0 Å². The maximum absolute atomic E-state index is 5.05. The van der Waals surface area contributed by atoms with Crippen molar-refractivity contribution >= 4 is 0 Å². The van der Waals surface area contributed by atoms with E-state index in [2.05, 4.69) is 15.5 Å². The van der Waals surface area contributed by atoms with Crippen LogP contribution in [0.3, 0.4) is 0 Å². The van der Waals surface area contributed by atoms with Crippen LogP contribution < -0.4 is 5.32 Å². The third-order valence-electron chi connectivity index (χ3n) is 2.15. The second kappa shape index (κ2) is 3.25. The Morgan fingerprint density at radius 2 is 2.58 bits per heavy atom. The predicted molar refractivity (Wildman–Crippen MR) is 44.8 cm³/mol. The van der Waals surface area contributed by atoms with Crippen LogP contribution in [0.4, 0.5) is 0 Å². The first-order valence-electron chi connectivity index (χ1n) is 4.16. The summed E-state index contributed by atoms with van der Waals surface area (Å²) in [4.78, 5) is 0. The Labute approximate surface area is 71.3 Å². The van der Waals surface area contributed by atoms with E-state index in [1.807, 2.05) is 13.1 Å². The zero-order valence-corrected chi connectivity index (χ0v) is 7.13. The van der Waals surface area contributed by atoms with Crippen LogP contribution in [0.2, 0.25) is 0 Å². The highest BCUT2D eigenvalue weighted by atomic mass is 16.5. The second-order valence-corrected chi connectivity index (χ2v) is 3.14. The standard InChI is InChI=1S/C8H13N3O/c1-6-7(3-10-11-6)2-9-8-4-12-5-8/h3,8-9H,2,4-5H2,1H3,(H,10,11). The molecule has 0 aromatic carbocycles. The number of hydrogen-bond donors (Lipinski definition) is 2. The van der Waals surface area contributed by atoms with Crippen molar-refractivity contribution in [3.8, 4) is 0 Å². The number of ether oxygens (including phenoxy) is 1. The molecule has 4 heteroatoms. The van der Waals surface area contributed by atoms with Crippen molar-refractivity contribution in [3.63, 3.8) is 0 Å². The van der Waals surface area contributed by atoms with Crippen molar-refractivity contribution in [2.24, 2.45) is 0 Å². The van der Waals surface area contributed by atoms with Gasteiger partial charge in [-0.3, -0.25) is 5.10 Å². The lowest BCUT2D eigenvalue weighted by Crippen LogP contribution is -2.45. The van der Waals surface area contributed by atoms with E-state index >= 15 is 0 Å². The summed E-state index contributed by atoms with van der Waals surface area (Å²) >= 11 is 0. The minimum absolute atomic E-state index is 0.541. The van der Waals surface area contributed by atoms with Crippen LogP contribution in [0.5, 0.6) is 0 Å². The number of aryl methyl sites for hydroxylation is 1. The molecule has 0 bridgehead atoms. The van der Waals surface area contributed by atoms with Gasteiger partial charge in [-0.1, -0.05) is 0 Å². The molecule has 4 nitrogen and oxygen atoms in total. The average molecular weight is 167 g/mol. The molecule has 0 unspecified atom stereocenters. The van der Waals surface area contributed by atoms with E-state index in [1.54, 1.807) is 0 Å². The van der Waals surface area contributed by atoms with Crippen LogP contribution in [-0.4, -0.2) is 29.5 Å². The summed E-state index contributed by atoms with van der Waals surface area (Å²) in [6, 6.07) is 0.541. The quantitative estimate of drug-likeness (QED) is 0.676. The second-order valence-electron chi connectivity index (χ2n) is 3.14. The highest BCUT2D eigenvalue weighted by molar-refractivity contribution is 5.13. The van der Waals surface area contributed by atoms with Crippen LogP contribution in [0.15, 0.2) is 6.20 Å². The van der Waals surface area contributed by atoms with Gasteiger partial charge < -0.3 is 10.1 Å². The minimum Gasteiger partial charge on any atom is -0.378 e. The molecule has 12 heavy (non-hydrogen) atoms.